The summed E-state index contributed by atoms with van der Waals surface area (Å²) >= 11 is 5.07. The van der Waals surface area contributed by atoms with Gasteiger partial charge in [-0.25, -0.2) is 56.0 Å². The van der Waals surface area contributed by atoms with E-state index in [0.717, 1.165) is 0 Å². The molecule has 0 saturated heterocycles. The molecule has 0 aromatic heterocycles. The van der Waals surface area contributed by atoms with Crippen LogP contribution in [0, 0.1) is 25.5 Å². The van der Waals surface area contributed by atoms with E-state index >= 15 is 0 Å². The fourth-order valence-corrected chi connectivity index (χ4v) is 12.9. The van der Waals surface area contributed by atoms with Gasteiger partial charge in [0.05, 0.1) is 0 Å². The molecule has 0 heterocycles. The van der Waals surface area contributed by atoms with Gasteiger partial charge in [0.2, 0.25) is 0 Å². The van der Waals surface area contributed by atoms with Gasteiger partial charge in [0.15, 0.2) is 0 Å². The minimum atomic E-state index is -2.44. The van der Waals surface area contributed by atoms with Crippen molar-refractivity contribution in [1.29, 1.82) is 0 Å². The quantitative estimate of drug-likeness (QED) is 0.196. The molecule has 23 heteroatoms. The zero-order valence-electron chi connectivity index (χ0n) is 34.0. The van der Waals surface area contributed by atoms with Crippen LogP contribution in [0.2, 0.25) is 0 Å². The molecule has 0 atom stereocenters. The topological polar surface area (TPSA) is 107 Å². The van der Waals surface area contributed by atoms with E-state index in [1.54, 1.807) is 56.0 Å². The van der Waals surface area contributed by atoms with Gasteiger partial charge < -0.3 is 0 Å². The molecule has 0 radical (unpaired) electrons. The zero-order chi connectivity index (χ0) is 39.6. The van der Waals surface area contributed by atoms with Crippen molar-refractivity contribution in [3.8, 4) is 0 Å². The van der Waals surface area contributed by atoms with Crippen molar-refractivity contribution >= 4 is 59.0 Å². The summed E-state index contributed by atoms with van der Waals surface area (Å²) in [6, 6.07) is 0. The molecule has 292 valence electrons. The molecule has 47 heavy (non-hydrogen) atoms. The van der Waals surface area contributed by atoms with Crippen LogP contribution in [-0.4, -0.2) is 225 Å². The van der Waals surface area contributed by atoms with Gasteiger partial charge in [-0.1, -0.05) is 0 Å². The first-order valence-electron chi connectivity index (χ1n) is 14.2. The average Bonchev–Trinajstić information content (AvgIpc) is 2.90. The Hall–Kier alpha value is 3.24. The van der Waals surface area contributed by atoms with Crippen LogP contribution in [0.4, 0.5) is 0 Å². The Labute approximate surface area is 324 Å². The first-order chi connectivity index (χ1) is 20.7. The Morgan fingerprint density at radius 1 is 0.255 bits per heavy atom. The summed E-state index contributed by atoms with van der Waals surface area (Å²) in [5.74, 6) is 0. The maximum absolute atomic E-state index is 12.1. The van der Waals surface area contributed by atoms with Crippen LogP contribution in [-0.2, 0) is 18.3 Å². The fourth-order valence-electron chi connectivity index (χ4n) is 4.29. The summed E-state index contributed by atoms with van der Waals surface area (Å²) in [6.45, 7) is 0. The molecule has 0 spiro atoms. The fraction of sp³-hybridized carbons (Fsp3) is 1.00. The molecule has 0 aliphatic carbocycles. The Bertz CT molecular complexity index is 741. The molecule has 0 rings (SSSR count). The molecule has 0 aromatic carbocycles. The molecule has 0 amide bonds. The molecule has 0 aliphatic rings. The number of rotatable bonds is 12. The van der Waals surface area contributed by atoms with Gasteiger partial charge in [-0.05, 0) is 169 Å². The van der Waals surface area contributed by atoms with Gasteiger partial charge in [-0.3, -0.25) is 18.3 Å². The first kappa shape index (κ1) is 59.5. The molecule has 0 fully saturated rings. The summed E-state index contributed by atoms with van der Waals surface area (Å²) in [5.41, 5.74) is 0. The predicted molar refractivity (Wildman–Crippen MR) is 223 cm³/mol. The van der Waals surface area contributed by atoms with Crippen LogP contribution in [0.5, 0.6) is 0 Å². The molecular weight excluding hydrogens is 1050 g/mol. The van der Waals surface area contributed by atoms with Gasteiger partial charge in [0, 0.05) is 0 Å². The summed E-state index contributed by atoms with van der Waals surface area (Å²) < 4.78 is 69.3. The van der Waals surface area contributed by atoms with Crippen molar-refractivity contribution in [3.63, 3.8) is 0 Å². The third kappa shape index (κ3) is 19.4. The minimum absolute atomic E-state index is 0.190. The Morgan fingerprint density at radius 3 is 0.298 bits per heavy atom. The molecular formula is C24H72I2N12O4P4Sm. The summed E-state index contributed by atoms with van der Waals surface area (Å²) in [5, 5.41) is 0. The molecule has 16 nitrogen and oxygen atoms in total. The SMILES string of the molecule is CN(C)P(=O)(N(C)C)N(C)C.CN(C)P(=O)(N(C)C)N(C)C.CN(C)P(=O)(N(C)C)N(C)C.CN(C)P(=O)(N(C)C)N(C)C.[I][Sm][I]. The van der Waals surface area contributed by atoms with E-state index in [-0.39, 0.29) is 25.5 Å². The summed E-state index contributed by atoms with van der Waals surface area (Å²) in [6.07, 6.45) is 0. The van der Waals surface area contributed by atoms with Crippen molar-refractivity contribution in [2.24, 2.45) is 0 Å². The van der Waals surface area contributed by atoms with Crippen LogP contribution in [0.1, 0.15) is 0 Å². The molecule has 0 aliphatic heterocycles. The van der Waals surface area contributed by atoms with Gasteiger partial charge in [-0.15, -0.1) is 0 Å². The summed E-state index contributed by atoms with van der Waals surface area (Å²) in [7, 11) is 33.9. The molecule has 0 saturated carbocycles. The van der Waals surface area contributed by atoms with E-state index in [1.807, 2.05) is 169 Å². The molecule has 0 bridgehead atoms. The van der Waals surface area contributed by atoms with E-state index in [4.69, 9.17) is 0 Å². The third-order valence-corrected chi connectivity index (χ3v) is 18.8. The van der Waals surface area contributed by atoms with Crippen LogP contribution in [0.15, 0.2) is 0 Å². The number of hydrogen-bond donors (Lipinski definition) is 0. The van der Waals surface area contributed by atoms with Crippen LogP contribution >= 0.6 is 59.0 Å². The van der Waals surface area contributed by atoms with Gasteiger partial charge in [0.25, 0.3) is 30.4 Å². The average molecular weight is 1120 g/mol. The predicted octanol–water partition coefficient (Wildman–Crippen LogP) is 4.89. The normalized spacial score (nSPS) is 13.1. The second-order valence-corrected chi connectivity index (χ2v) is 45.4. The second-order valence-electron chi connectivity index (χ2n) is 12.3. The Kier molecular flexibility index (Phi) is 35.2. The number of halogens is 2. The van der Waals surface area contributed by atoms with Crippen LogP contribution < -0.4 is 0 Å². The van der Waals surface area contributed by atoms with E-state index in [0.29, 0.717) is 0 Å². The molecule has 0 unspecified atom stereocenters. The van der Waals surface area contributed by atoms with Crippen molar-refractivity contribution in [2.45, 2.75) is 0 Å². The van der Waals surface area contributed by atoms with Crippen molar-refractivity contribution in [2.75, 3.05) is 169 Å². The van der Waals surface area contributed by atoms with Crippen molar-refractivity contribution in [3.05, 3.63) is 0 Å². The Morgan fingerprint density at radius 2 is 0.298 bits per heavy atom. The summed E-state index contributed by atoms with van der Waals surface area (Å²) in [4.78, 5) is 0. The van der Waals surface area contributed by atoms with Crippen LogP contribution in [0.25, 0.3) is 0 Å². The van der Waals surface area contributed by atoms with Crippen molar-refractivity contribution in [1.82, 2.24) is 56.0 Å². The molecule has 0 N–H and O–H groups in total. The van der Waals surface area contributed by atoms with Gasteiger partial charge in [-0.2, -0.15) is 0 Å². The second kappa shape index (κ2) is 27.8. The third-order valence-electron chi connectivity index (χ3n) is 6.25. The van der Waals surface area contributed by atoms with Gasteiger partial charge >= 0.3 is 54.0 Å². The molecule has 0 aromatic rings. The first-order valence-corrected chi connectivity index (χ1v) is 35.5. The zero-order valence-corrected chi connectivity index (χ0v) is 44.5. The van der Waals surface area contributed by atoms with E-state index in [1.165, 1.54) is 0 Å². The van der Waals surface area contributed by atoms with Crippen LogP contribution in [0.3, 0.4) is 0 Å². The Balaban J connectivity index is -0.000000162. The number of nitrogens with zero attached hydrogens (tertiary/aromatic N) is 12. The standard InChI is InChI=1S/4C6H18N3OP.2HI.Sm/c4*1-7(2)11(10,8(3)4)9(5)6;;;/h4*1-6H3;2*1H;/q;;;;;;+2/p-2. The number of hydrogen-bond acceptors (Lipinski definition) is 4. The van der Waals surface area contributed by atoms with E-state index in [9.17, 15) is 18.3 Å². The van der Waals surface area contributed by atoms with Gasteiger partial charge in [0.1, 0.15) is 0 Å². The van der Waals surface area contributed by atoms with E-state index < -0.39 is 30.4 Å². The van der Waals surface area contributed by atoms with E-state index in [2.05, 4.69) is 28.6 Å². The monoisotopic (exact) mass is 1120 g/mol. The maximum atomic E-state index is 12.1. The van der Waals surface area contributed by atoms with Crippen molar-refractivity contribution < 1.29 is 43.7 Å².